The Kier molecular flexibility index (Phi) is 18.7. The molecule has 0 unspecified atom stereocenters. The monoisotopic (exact) mass is 1690 g/mol. The molecule has 22 aromatic rings. The number of hydrogen-bond acceptors (Lipinski definition) is 3. The standard InChI is InChI=1S/C126H97BN4O/c1-124(2,3)91-60-66-112-104(74-91)105-75-92(125(4,5)6)61-67-113(105)128(112)94-78-117-122-118(79-94)131(123-96(82-39-20-12-21-40-82)50-34-51-97(123)83-41-22-13-23-42-83)115-73-90(121-103(88-59-68-120-106(71-88)100-49-30-33-54-119(100)132-120)76-93(126(7,8)9)77-116(121)129-109-52-31-28-47-98(109)99-48-29-32-53-110(99)129)57-64-108(115)127(122)107-63-56-89(95-62-55-86(80-35-16-10-17-36-80)69-101(95)84-43-24-14-25-44-84)72-114(107)130(117)111-65-58-87(81-37-18-11-19-38-81)70-102(111)85-45-26-15-27-46-85/h10-79H,1-9H3. The Morgan fingerprint density at radius 1 is 0.212 bits per heavy atom. The van der Waals surface area contributed by atoms with E-state index in [0.717, 1.165) is 184 Å². The largest absolute Gasteiger partial charge is 0.456 e. The second-order valence-corrected chi connectivity index (χ2v) is 39.1. The van der Waals surface area contributed by atoms with Crippen LogP contribution in [-0.2, 0) is 16.2 Å². The van der Waals surface area contributed by atoms with Crippen LogP contribution in [0.1, 0.15) is 79.0 Å². The fourth-order valence-electron chi connectivity index (χ4n) is 21.3. The van der Waals surface area contributed by atoms with Crippen LogP contribution in [0.15, 0.2) is 429 Å². The minimum Gasteiger partial charge on any atom is -0.456 e. The highest BCUT2D eigenvalue weighted by atomic mass is 16.3. The van der Waals surface area contributed by atoms with Gasteiger partial charge < -0.3 is 23.4 Å². The summed E-state index contributed by atoms with van der Waals surface area (Å²) >= 11 is 0. The highest BCUT2D eigenvalue weighted by molar-refractivity contribution is 7.00. The van der Waals surface area contributed by atoms with E-state index in [0.29, 0.717) is 0 Å². The summed E-state index contributed by atoms with van der Waals surface area (Å²) in [7, 11) is 0. The Morgan fingerprint density at radius 3 is 1.19 bits per heavy atom. The molecular formula is C126H97BN4O. The molecule has 0 spiro atoms. The minimum atomic E-state index is -0.371. The van der Waals surface area contributed by atoms with Crippen molar-refractivity contribution in [3.8, 4) is 112 Å². The lowest BCUT2D eigenvalue weighted by Crippen LogP contribution is -2.61. The quantitative estimate of drug-likeness (QED) is 0.108. The fourth-order valence-corrected chi connectivity index (χ4v) is 21.3. The number of benzene rings is 19. The molecule has 0 amide bonds. The van der Waals surface area contributed by atoms with Crippen LogP contribution < -0.4 is 26.2 Å². The third kappa shape index (κ3) is 13.3. The highest BCUT2D eigenvalue weighted by Gasteiger charge is 2.46. The summed E-state index contributed by atoms with van der Waals surface area (Å²) in [6.07, 6.45) is 0. The molecule has 0 bridgehead atoms. The van der Waals surface area contributed by atoms with Gasteiger partial charge in [-0.05, 0) is 236 Å². The van der Waals surface area contributed by atoms with Crippen molar-refractivity contribution in [3.05, 3.63) is 441 Å². The zero-order valence-corrected chi connectivity index (χ0v) is 75.7. The van der Waals surface area contributed by atoms with Crippen LogP contribution in [0.3, 0.4) is 0 Å². The van der Waals surface area contributed by atoms with Crippen molar-refractivity contribution in [2.75, 3.05) is 9.80 Å². The van der Waals surface area contributed by atoms with Crippen molar-refractivity contribution >= 4 is 123 Å². The summed E-state index contributed by atoms with van der Waals surface area (Å²) in [6.45, 7) is 20.8. The highest BCUT2D eigenvalue weighted by Crippen LogP contribution is 2.56. The smallest absolute Gasteiger partial charge is 0.252 e. The van der Waals surface area contributed by atoms with E-state index in [1.807, 2.05) is 0 Å². The summed E-state index contributed by atoms with van der Waals surface area (Å²) in [6, 6.07) is 161. The Labute approximate surface area is 772 Å². The van der Waals surface area contributed by atoms with Gasteiger partial charge in [-0.1, -0.05) is 378 Å². The Bertz CT molecular complexity index is 8190. The Morgan fingerprint density at radius 2 is 0.636 bits per heavy atom. The first-order chi connectivity index (χ1) is 64.4. The normalized spacial score (nSPS) is 12.7. The van der Waals surface area contributed by atoms with E-state index in [-0.39, 0.29) is 23.0 Å². The van der Waals surface area contributed by atoms with Gasteiger partial charge in [-0.2, -0.15) is 0 Å². The molecule has 0 N–H and O–H groups in total. The third-order valence-corrected chi connectivity index (χ3v) is 28.0. The first-order valence-corrected chi connectivity index (χ1v) is 46.4. The zero-order valence-electron chi connectivity index (χ0n) is 75.7. The summed E-state index contributed by atoms with van der Waals surface area (Å²) in [5, 5.41) is 6.99. The molecule has 24 rings (SSSR count). The minimum absolute atomic E-state index is 0.141. The maximum Gasteiger partial charge on any atom is 0.252 e. The van der Waals surface area contributed by atoms with Crippen LogP contribution in [0.4, 0.5) is 34.1 Å². The van der Waals surface area contributed by atoms with E-state index in [1.165, 1.54) is 60.2 Å². The van der Waals surface area contributed by atoms with Gasteiger partial charge in [-0.3, -0.25) is 0 Å². The lowest BCUT2D eigenvalue weighted by molar-refractivity contribution is 0.590. The van der Waals surface area contributed by atoms with Gasteiger partial charge in [0.25, 0.3) is 6.71 Å². The number of aromatic nitrogens is 2. The molecule has 3 aromatic heterocycles. The molecular weight excluding hydrogens is 1600 g/mol. The molecule has 0 radical (unpaired) electrons. The molecule has 0 aliphatic carbocycles. The predicted molar refractivity (Wildman–Crippen MR) is 561 cm³/mol. The van der Waals surface area contributed by atoms with Gasteiger partial charge in [0.05, 0.1) is 44.8 Å². The van der Waals surface area contributed by atoms with Crippen LogP contribution in [0.5, 0.6) is 0 Å². The van der Waals surface area contributed by atoms with Crippen LogP contribution in [0.2, 0.25) is 0 Å². The number of para-hydroxylation sites is 4. The number of nitrogens with zero attached hydrogens (tertiary/aromatic N) is 4. The number of rotatable bonds is 13. The predicted octanol–water partition coefficient (Wildman–Crippen LogP) is 32.8. The van der Waals surface area contributed by atoms with Gasteiger partial charge in [0, 0.05) is 77.3 Å². The number of anilines is 6. The van der Waals surface area contributed by atoms with E-state index < -0.39 is 0 Å². The molecule has 6 heteroatoms. The summed E-state index contributed by atoms with van der Waals surface area (Å²) in [5.74, 6) is 0. The molecule has 19 aromatic carbocycles. The van der Waals surface area contributed by atoms with Crippen molar-refractivity contribution in [3.63, 3.8) is 0 Å². The second kappa shape index (κ2) is 31.0. The van der Waals surface area contributed by atoms with Crippen molar-refractivity contribution < 1.29 is 4.42 Å². The topological polar surface area (TPSA) is 29.5 Å². The first kappa shape index (κ1) is 79.6. The van der Waals surface area contributed by atoms with E-state index >= 15 is 0 Å². The Balaban J connectivity index is 0.885. The third-order valence-electron chi connectivity index (χ3n) is 28.0. The van der Waals surface area contributed by atoms with Crippen LogP contribution in [-0.4, -0.2) is 15.8 Å². The van der Waals surface area contributed by atoms with Gasteiger partial charge in [0.1, 0.15) is 11.2 Å². The lowest BCUT2D eigenvalue weighted by Gasteiger charge is -2.46. The van der Waals surface area contributed by atoms with Crippen LogP contribution in [0, 0.1) is 0 Å². The van der Waals surface area contributed by atoms with E-state index in [2.05, 4.69) is 506 Å². The van der Waals surface area contributed by atoms with Crippen molar-refractivity contribution in [1.29, 1.82) is 0 Å². The molecule has 0 saturated heterocycles. The SMILES string of the molecule is CC(C)(C)c1cc(-c2ccc3oc4ccccc4c3c2)c(-c2ccc3c(c2)N(c2c(-c4ccccc4)cccc2-c2ccccc2)c2cc(-n4c5ccc(C(C)(C)C)cc5c5cc(C(C)(C)C)ccc54)cc4c2B3c2ccc(-c3ccc(-c5ccccc5)cc3-c3ccccc3)cc2N4c2ccc(-c3ccccc3)cc2-c2ccccc2)c(-n2c3ccccc3c3ccccc32)c1. The molecule has 5 heterocycles. The molecule has 5 nitrogen and oxygen atoms in total. The molecule has 132 heavy (non-hydrogen) atoms. The van der Waals surface area contributed by atoms with Gasteiger partial charge in [-0.25, -0.2) is 0 Å². The van der Waals surface area contributed by atoms with E-state index in [4.69, 9.17) is 4.42 Å². The average molecular weight is 1690 g/mol. The zero-order chi connectivity index (χ0) is 89.0. The van der Waals surface area contributed by atoms with Gasteiger partial charge in [0.15, 0.2) is 0 Å². The molecule has 0 saturated carbocycles. The summed E-state index contributed by atoms with van der Waals surface area (Å²) in [4.78, 5) is 5.44. The lowest BCUT2D eigenvalue weighted by atomic mass is 9.33. The fraction of sp³-hybridized carbons (Fsp3) is 0.0952. The number of hydrogen-bond donors (Lipinski definition) is 0. The maximum atomic E-state index is 6.75. The molecule has 0 fully saturated rings. The number of furan rings is 1. The van der Waals surface area contributed by atoms with E-state index in [1.54, 1.807) is 0 Å². The number of fused-ring (bicyclic) bond motifs is 13. The van der Waals surface area contributed by atoms with E-state index in [9.17, 15) is 0 Å². The van der Waals surface area contributed by atoms with Crippen molar-refractivity contribution in [1.82, 2.24) is 9.13 Å². The summed E-state index contributed by atoms with van der Waals surface area (Å²) < 4.78 is 11.9. The van der Waals surface area contributed by atoms with Crippen LogP contribution >= 0.6 is 0 Å². The van der Waals surface area contributed by atoms with Crippen molar-refractivity contribution in [2.24, 2.45) is 0 Å². The summed E-state index contributed by atoms with van der Waals surface area (Å²) in [5.41, 5.74) is 41.7. The molecule has 630 valence electrons. The molecule has 0 atom stereocenters. The molecule has 2 aliphatic heterocycles. The van der Waals surface area contributed by atoms with Crippen molar-refractivity contribution in [2.45, 2.75) is 78.6 Å². The van der Waals surface area contributed by atoms with Gasteiger partial charge in [-0.15, -0.1) is 0 Å². The van der Waals surface area contributed by atoms with Gasteiger partial charge >= 0.3 is 0 Å². The average Bonchev–Trinajstić information content (AvgIpc) is 0.802. The van der Waals surface area contributed by atoms with Gasteiger partial charge in [0.2, 0.25) is 0 Å². The second-order valence-electron chi connectivity index (χ2n) is 39.1. The Hall–Kier alpha value is -15.8. The maximum absolute atomic E-state index is 6.75. The molecule has 2 aliphatic rings. The first-order valence-electron chi connectivity index (χ1n) is 46.4. The van der Waals surface area contributed by atoms with Crippen LogP contribution in [0.25, 0.3) is 177 Å².